The zero-order valence-corrected chi connectivity index (χ0v) is 35.3. The Bertz CT molecular complexity index is 2590. The number of esters is 1. The Labute approximate surface area is 371 Å². The lowest BCUT2D eigenvalue weighted by atomic mass is 9.65. The van der Waals surface area contributed by atoms with Crippen molar-refractivity contribution in [3.8, 4) is 23.3 Å². The molecule has 0 unspecified atom stereocenters. The normalized spacial score (nSPS) is 22.1. The van der Waals surface area contributed by atoms with Gasteiger partial charge in [-0.1, -0.05) is 90.7 Å². The zero-order chi connectivity index (χ0) is 44.8. The molecule has 3 aliphatic rings. The van der Waals surface area contributed by atoms with Crippen LogP contribution < -0.4 is 19.7 Å². The summed E-state index contributed by atoms with van der Waals surface area (Å²) in [7, 11) is 3.04. The van der Waals surface area contributed by atoms with Gasteiger partial charge in [0.1, 0.15) is 42.3 Å². The van der Waals surface area contributed by atoms with Gasteiger partial charge in [-0.25, -0.2) is 9.69 Å². The topological polar surface area (TPSA) is 153 Å². The highest BCUT2D eigenvalue weighted by Crippen LogP contribution is 2.66. The fourth-order valence-electron chi connectivity index (χ4n) is 9.28. The van der Waals surface area contributed by atoms with Gasteiger partial charge in [0.25, 0.3) is 0 Å². The number of ether oxygens (including phenoxy) is 5. The number of carbonyl (C=O) groups excluding carboxylic acids is 4. The Morgan fingerprint density at radius 2 is 1.48 bits per heavy atom. The lowest BCUT2D eigenvalue weighted by Gasteiger charge is -2.46. The van der Waals surface area contributed by atoms with E-state index in [0.29, 0.717) is 33.8 Å². The monoisotopic (exact) mass is 861 g/mol. The number of amides is 3. The van der Waals surface area contributed by atoms with E-state index in [-0.39, 0.29) is 44.2 Å². The van der Waals surface area contributed by atoms with Crippen LogP contribution in [0.15, 0.2) is 140 Å². The van der Waals surface area contributed by atoms with Crippen molar-refractivity contribution in [3.05, 3.63) is 173 Å². The van der Waals surface area contributed by atoms with Crippen molar-refractivity contribution in [2.24, 2.45) is 5.92 Å². The third kappa shape index (κ3) is 7.88. The molecule has 0 aromatic heterocycles. The highest BCUT2D eigenvalue weighted by Gasteiger charge is 2.75. The van der Waals surface area contributed by atoms with Crippen molar-refractivity contribution in [1.29, 1.82) is 0 Å². The first-order chi connectivity index (χ1) is 31.3. The second-order valence-electron chi connectivity index (χ2n) is 15.4. The molecule has 0 saturated carbocycles. The Kier molecular flexibility index (Phi) is 12.9. The molecule has 3 aliphatic heterocycles. The maximum absolute atomic E-state index is 16.2. The van der Waals surface area contributed by atoms with E-state index in [4.69, 9.17) is 23.7 Å². The van der Waals surface area contributed by atoms with Crippen LogP contribution in [0, 0.1) is 17.8 Å². The van der Waals surface area contributed by atoms with E-state index in [0.717, 1.165) is 10.5 Å². The first-order valence-electron chi connectivity index (χ1n) is 20.9. The third-order valence-corrected chi connectivity index (χ3v) is 11.8. The minimum atomic E-state index is -2.03. The van der Waals surface area contributed by atoms with Crippen LogP contribution in [0.2, 0.25) is 0 Å². The minimum Gasteiger partial charge on any atom is -0.497 e. The predicted molar refractivity (Wildman–Crippen MR) is 236 cm³/mol. The number of nitrogens with zero attached hydrogens (tertiary/aromatic N) is 2. The number of fused-ring (bicyclic) bond motifs is 3. The van der Waals surface area contributed by atoms with E-state index in [1.54, 1.807) is 61.7 Å². The van der Waals surface area contributed by atoms with Gasteiger partial charge < -0.3 is 34.1 Å². The van der Waals surface area contributed by atoms with Crippen LogP contribution >= 0.6 is 0 Å². The van der Waals surface area contributed by atoms with E-state index >= 15 is 14.4 Å². The zero-order valence-electron chi connectivity index (χ0n) is 35.3. The Balaban J connectivity index is 1.45. The van der Waals surface area contributed by atoms with Gasteiger partial charge in [0.2, 0.25) is 11.8 Å². The summed E-state index contributed by atoms with van der Waals surface area (Å²) in [4.78, 5) is 63.8. The molecule has 64 heavy (non-hydrogen) atoms. The Morgan fingerprint density at radius 3 is 2.17 bits per heavy atom. The van der Waals surface area contributed by atoms with Crippen LogP contribution in [0.3, 0.4) is 0 Å². The van der Waals surface area contributed by atoms with Crippen LogP contribution in [-0.4, -0.2) is 87.1 Å². The van der Waals surface area contributed by atoms with Crippen molar-refractivity contribution >= 4 is 29.6 Å². The maximum atomic E-state index is 16.2. The smallest absolute Gasteiger partial charge is 0.421 e. The molecule has 0 aliphatic carbocycles. The molecule has 1 spiro atoms. The summed E-state index contributed by atoms with van der Waals surface area (Å²) in [5, 5.41) is 12.6. The molecule has 0 bridgehead atoms. The maximum Gasteiger partial charge on any atom is 0.421 e. The summed E-state index contributed by atoms with van der Waals surface area (Å²) in [6.45, 7) is 3.43. The molecule has 2 fully saturated rings. The first kappa shape index (κ1) is 43.4. The number of aliphatic hydroxyl groups excluding tert-OH is 1. The SMILES string of the molecule is C=CCNC(=O)[C@H]1[C@@H]2C(=O)O[C@@H](c3ccccc3)[C@@H](c3ccccc3)N2[C@@H](c2cccc(OCCO)c2)[C@]12C(=O)N(C(=O)OCCOC)c1ccc(C#Cc3ccc(OC)cc3)cc12. The number of methoxy groups -OCH3 is 2. The summed E-state index contributed by atoms with van der Waals surface area (Å²) >= 11 is 0. The van der Waals surface area contributed by atoms with E-state index < -0.39 is 59.4 Å². The highest BCUT2D eigenvalue weighted by molar-refractivity contribution is 6.23. The van der Waals surface area contributed by atoms with Crippen LogP contribution in [0.5, 0.6) is 11.5 Å². The highest BCUT2D eigenvalue weighted by atomic mass is 16.6. The number of anilines is 1. The Hall–Kier alpha value is -7.24. The average molecular weight is 862 g/mol. The first-order valence-corrected chi connectivity index (χ1v) is 20.9. The van der Waals surface area contributed by atoms with Gasteiger partial charge in [-0.15, -0.1) is 6.58 Å². The fourth-order valence-corrected chi connectivity index (χ4v) is 9.28. The average Bonchev–Trinajstić information content (AvgIpc) is 3.79. The molecule has 5 aromatic carbocycles. The van der Waals surface area contributed by atoms with Crippen molar-refractivity contribution < 1.29 is 48.0 Å². The second kappa shape index (κ2) is 19.0. The van der Waals surface area contributed by atoms with Gasteiger partial charge in [0.15, 0.2) is 0 Å². The molecule has 0 radical (unpaired) electrons. The van der Waals surface area contributed by atoms with Gasteiger partial charge >= 0.3 is 12.1 Å². The summed E-state index contributed by atoms with van der Waals surface area (Å²) in [5.74, 6) is 3.75. The number of hydrogen-bond acceptors (Lipinski definition) is 11. The van der Waals surface area contributed by atoms with Gasteiger partial charge in [0, 0.05) is 24.8 Å². The third-order valence-electron chi connectivity index (χ3n) is 11.8. The number of hydrogen-bond donors (Lipinski definition) is 2. The van der Waals surface area contributed by atoms with E-state index in [1.807, 2.05) is 77.7 Å². The van der Waals surface area contributed by atoms with Crippen molar-refractivity contribution in [3.63, 3.8) is 0 Å². The molecule has 3 heterocycles. The standard InChI is InChI=1S/C51H47N3O10/c1-4-26-52-47(56)42-44-48(57)64-45(36-14-9-6-10-15-36)43(35-12-7-5-8-13-35)54(44)46(37-16-11-17-39(32-37)62-28-27-55)51(42)40-31-34(19-18-33-20-23-38(61-3)24-21-33)22-25-41(40)53(49(51)58)50(59)63-30-29-60-2/h4-17,20-25,31-32,42-46,55H,1,26-30H2,2-3H3,(H,52,56)/t42-,43-,44-,45+,46+,51-/m1/s1. The van der Waals surface area contributed by atoms with Gasteiger partial charge in [-0.05, 0) is 76.9 Å². The number of benzene rings is 5. The van der Waals surface area contributed by atoms with Crippen molar-refractivity contribution in [2.45, 2.75) is 29.6 Å². The van der Waals surface area contributed by atoms with E-state index in [9.17, 15) is 9.90 Å². The molecule has 326 valence electrons. The van der Waals surface area contributed by atoms with Crippen molar-refractivity contribution in [2.75, 3.05) is 52.1 Å². The lowest BCUT2D eigenvalue weighted by molar-refractivity contribution is -0.178. The number of morpholine rings is 1. The number of imide groups is 1. The molecule has 8 rings (SSSR count). The quantitative estimate of drug-likeness (QED) is 0.0601. The molecule has 13 nitrogen and oxygen atoms in total. The molecular formula is C51H47N3O10. The predicted octanol–water partition coefficient (Wildman–Crippen LogP) is 6.22. The van der Waals surface area contributed by atoms with Crippen LogP contribution in [-0.2, 0) is 34.0 Å². The summed E-state index contributed by atoms with van der Waals surface area (Å²) in [6.07, 6.45) is -0.399. The van der Waals surface area contributed by atoms with E-state index in [2.05, 4.69) is 23.7 Å². The summed E-state index contributed by atoms with van der Waals surface area (Å²) < 4.78 is 28.6. The van der Waals surface area contributed by atoms with Gasteiger partial charge in [0.05, 0.1) is 44.0 Å². The number of rotatable bonds is 13. The molecular weight excluding hydrogens is 815 g/mol. The minimum absolute atomic E-state index is 0.00822. The van der Waals surface area contributed by atoms with Crippen LogP contribution in [0.4, 0.5) is 10.5 Å². The number of cyclic esters (lactones) is 1. The van der Waals surface area contributed by atoms with Crippen LogP contribution in [0.25, 0.3) is 0 Å². The molecule has 13 heteroatoms. The number of nitrogens with one attached hydrogen (secondary N) is 1. The van der Waals surface area contributed by atoms with Crippen molar-refractivity contribution in [1.82, 2.24) is 10.2 Å². The Morgan fingerprint density at radius 1 is 0.797 bits per heavy atom. The molecule has 2 saturated heterocycles. The molecule has 3 amide bonds. The fraction of sp³-hybridized carbons (Fsp3) is 0.255. The number of aliphatic hydroxyl groups is 1. The second-order valence-corrected chi connectivity index (χ2v) is 15.4. The summed E-state index contributed by atoms with van der Waals surface area (Å²) in [6, 6.07) is 34.7. The van der Waals surface area contributed by atoms with Gasteiger partial charge in [-0.3, -0.25) is 19.3 Å². The molecule has 5 aromatic rings. The van der Waals surface area contributed by atoms with Gasteiger partial charge in [-0.2, -0.15) is 0 Å². The largest absolute Gasteiger partial charge is 0.497 e. The number of carbonyl (C=O) groups is 4. The molecule has 6 atom stereocenters. The summed E-state index contributed by atoms with van der Waals surface area (Å²) in [5.41, 5.74) is 1.48. The lowest BCUT2D eigenvalue weighted by Crippen LogP contribution is -2.55. The van der Waals surface area contributed by atoms with E-state index in [1.165, 1.54) is 13.2 Å². The molecule has 2 N–H and O–H groups in total. The van der Waals surface area contributed by atoms with Crippen LogP contribution in [0.1, 0.15) is 51.6 Å².